The van der Waals surface area contributed by atoms with E-state index in [2.05, 4.69) is 49.8 Å². The Bertz CT molecular complexity index is 1560. The van der Waals surface area contributed by atoms with Gasteiger partial charge in [-0.15, -0.1) is 0 Å². The number of nitrogens with zero attached hydrogens (tertiary/aromatic N) is 4. The van der Waals surface area contributed by atoms with E-state index in [9.17, 15) is 24.3 Å². The van der Waals surface area contributed by atoms with Crippen molar-refractivity contribution in [3.63, 3.8) is 0 Å². The highest BCUT2D eigenvalue weighted by atomic mass is 79.9. The summed E-state index contributed by atoms with van der Waals surface area (Å²) in [7, 11) is -0.911. The van der Waals surface area contributed by atoms with Gasteiger partial charge in [0, 0.05) is 23.5 Å². The molecule has 206 valence electrons. The number of rotatable bonds is 5. The van der Waals surface area contributed by atoms with Gasteiger partial charge in [-0.2, -0.15) is 5.26 Å². The van der Waals surface area contributed by atoms with Gasteiger partial charge >= 0.3 is 6.09 Å². The Morgan fingerprint density at radius 1 is 1.28 bits per heavy atom. The monoisotopic (exact) mass is 616 g/mol. The van der Waals surface area contributed by atoms with Crippen LogP contribution in [0.1, 0.15) is 44.6 Å². The first-order chi connectivity index (χ1) is 18.2. The molecule has 1 aromatic heterocycles. The van der Waals surface area contributed by atoms with E-state index in [-0.39, 0.29) is 51.7 Å². The summed E-state index contributed by atoms with van der Waals surface area (Å²) in [6.45, 7) is 10.6. The van der Waals surface area contributed by atoms with Crippen molar-refractivity contribution in [2.24, 2.45) is 0 Å². The molecule has 1 aliphatic heterocycles. The van der Waals surface area contributed by atoms with Gasteiger partial charge in [0.2, 0.25) is 0 Å². The minimum Gasteiger partial charge on any atom is -0.494 e. The molecule has 0 radical (unpaired) electrons. The molecule has 3 aromatic rings. The lowest BCUT2D eigenvalue weighted by molar-refractivity contribution is 0.131. The van der Waals surface area contributed by atoms with Gasteiger partial charge in [-0.05, 0) is 58.3 Å². The molecular weight excluding hydrogens is 587 g/mol. The SMILES string of the molecule is COc1ccc(-n2c([C@@H]3C[C@@H](O[Si](C)(C)C(C)(C)C)CN3C(=O)O)nc3c(Br)cc(C#N)cc3c2=O)cc1F. The first kappa shape index (κ1) is 28.7. The lowest BCUT2D eigenvalue weighted by atomic mass is 10.1. The average molecular weight is 618 g/mol. The Kier molecular flexibility index (Phi) is 7.64. The first-order valence-corrected chi connectivity index (χ1v) is 16.1. The molecule has 4 rings (SSSR count). The summed E-state index contributed by atoms with van der Waals surface area (Å²) in [4.78, 5) is 32.4. The number of nitriles is 1. The number of carbonyl (C=O) groups is 1. The maximum atomic E-state index is 14.8. The van der Waals surface area contributed by atoms with Crippen molar-refractivity contribution >= 4 is 41.2 Å². The zero-order valence-electron chi connectivity index (χ0n) is 22.6. The fraction of sp³-hybridized carbons (Fsp3) is 0.407. The normalized spacial score (nSPS) is 17.9. The largest absolute Gasteiger partial charge is 0.494 e. The van der Waals surface area contributed by atoms with Crippen molar-refractivity contribution in [1.29, 1.82) is 5.26 Å². The molecule has 0 aliphatic carbocycles. The van der Waals surface area contributed by atoms with Crippen molar-refractivity contribution in [2.45, 2.75) is 57.5 Å². The zero-order valence-corrected chi connectivity index (χ0v) is 25.2. The van der Waals surface area contributed by atoms with E-state index in [0.29, 0.717) is 4.47 Å². The lowest BCUT2D eigenvalue weighted by Crippen LogP contribution is -2.44. The molecule has 39 heavy (non-hydrogen) atoms. The summed E-state index contributed by atoms with van der Waals surface area (Å²) in [6.07, 6.45) is -1.32. The predicted molar refractivity (Wildman–Crippen MR) is 150 cm³/mol. The number of hydrogen-bond acceptors (Lipinski definition) is 6. The van der Waals surface area contributed by atoms with Gasteiger partial charge in [0.15, 0.2) is 19.9 Å². The Morgan fingerprint density at radius 3 is 2.54 bits per heavy atom. The van der Waals surface area contributed by atoms with Crippen LogP contribution >= 0.6 is 15.9 Å². The van der Waals surface area contributed by atoms with Crippen molar-refractivity contribution in [1.82, 2.24) is 14.5 Å². The molecule has 2 heterocycles. The minimum atomic E-state index is -2.24. The van der Waals surface area contributed by atoms with Crippen LogP contribution in [0.15, 0.2) is 39.6 Å². The number of halogens is 2. The Morgan fingerprint density at radius 2 is 1.97 bits per heavy atom. The summed E-state index contributed by atoms with van der Waals surface area (Å²) < 4.78 is 28.0. The van der Waals surface area contributed by atoms with Gasteiger partial charge in [0.05, 0.1) is 47.5 Å². The molecule has 1 saturated heterocycles. The van der Waals surface area contributed by atoms with Crippen LogP contribution in [0.5, 0.6) is 5.75 Å². The van der Waals surface area contributed by atoms with Gasteiger partial charge in [0.1, 0.15) is 5.82 Å². The second kappa shape index (κ2) is 10.4. The molecular formula is C27H30BrFN4O5Si. The van der Waals surface area contributed by atoms with Crippen molar-refractivity contribution in [3.05, 3.63) is 62.4 Å². The average Bonchev–Trinajstić information content (AvgIpc) is 3.26. The molecule has 0 bridgehead atoms. The standard InChI is InChI=1S/C27H30BrFN4O5Si/c1-27(2,3)39(5,6)38-17-12-21(32(14-17)26(35)36)24-31-23-18(9-15(13-30)10-19(23)28)25(34)33(24)16-7-8-22(37-4)20(29)11-16/h7-11,17,21H,12,14H2,1-6H3,(H,35,36)/t17-,21+/m1/s1. The van der Waals surface area contributed by atoms with Crippen molar-refractivity contribution < 1.29 is 23.5 Å². The quantitative estimate of drug-likeness (QED) is 0.350. The molecule has 0 saturated carbocycles. The number of fused-ring (bicyclic) bond motifs is 1. The number of amides is 1. The van der Waals surface area contributed by atoms with E-state index in [1.54, 1.807) is 6.07 Å². The highest BCUT2D eigenvalue weighted by Gasteiger charge is 2.45. The van der Waals surface area contributed by atoms with Crippen molar-refractivity contribution in [3.8, 4) is 17.5 Å². The third-order valence-corrected chi connectivity index (χ3v) is 12.7. The third kappa shape index (κ3) is 5.31. The number of likely N-dealkylation sites (tertiary alicyclic amines) is 1. The first-order valence-electron chi connectivity index (χ1n) is 12.4. The lowest BCUT2D eigenvalue weighted by Gasteiger charge is -2.38. The van der Waals surface area contributed by atoms with Crippen LogP contribution in [0, 0.1) is 17.1 Å². The summed E-state index contributed by atoms with van der Waals surface area (Å²) in [5.74, 6) is -0.570. The van der Waals surface area contributed by atoms with E-state index in [4.69, 9.17) is 14.1 Å². The smallest absolute Gasteiger partial charge is 0.408 e. The van der Waals surface area contributed by atoms with Gasteiger partial charge in [0.25, 0.3) is 5.56 Å². The topological polar surface area (TPSA) is 118 Å². The predicted octanol–water partition coefficient (Wildman–Crippen LogP) is 5.98. The molecule has 1 N–H and O–H groups in total. The summed E-state index contributed by atoms with van der Waals surface area (Å²) >= 11 is 3.41. The Labute approximate surface area is 235 Å². The molecule has 0 spiro atoms. The molecule has 1 fully saturated rings. The molecule has 12 heteroatoms. The molecule has 2 atom stereocenters. The van der Waals surface area contributed by atoms with Gasteiger partial charge in [-0.25, -0.2) is 14.2 Å². The fourth-order valence-corrected chi connectivity index (χ4v) is 6.44. The number of hydrogen-bond donors (Lipinski definition) is 1. The third-order valence-electron chi connectivity index (χ3n) is 7.55. The Balaban J connectivity index is 1.96. The Hall–Kier alpha value is -3.27. The van der Waals surface area contributed by atoms with Crippen LogP contribution in [-0.4, -0.2) is 53.7 Å². The number of benzene rings is 2. The maximum absolute atomic E-state index is 14.8. The molecule has 9 nitrogen and oxygen atoms in total. The number of ether oxygens (including phenoxy) is 1. The van der Waals surface area contributed by atoms with Gasteiger partial charge in [-0.3, -0.25) is 14.3 Å². The molecule has 1 amide bonds. The molecule has 2 aromatic carbocycles. The van der Waals surface area contributed by atoms with Crippen LogP contribution in [0.4, 0.5) is 9.18 Å². The van der Waals surface area contributed by atoms with E-state index < -0.39 is 37.9 Å². The van der Waals surface area contributed by atoms with Gasteiger partial charge < -0.3 is 14.3 Å². The van der Waals surface area contributed by atoms with Gasteiger partial charge in [-0.1, -0.05) is 20.8 Å². The van der Waals surface area contributed by atoms with E-state index in [1.807, 2.05) is 6.07 Å². The summed E-state index contributed by atoms with van der Waals surface area (Å²) in [6, 6.07) is 8.18. The fourth-order valence-electron chi connectivity index (χ4n) is 4.53. The molecule has 0 unspecified atom stereocenters. The highest BCUT2D eigenvalue weighted by molar-refractivity contribution is 9.10. The second-order valence-electron chi connectivity index (χ2n) is 11.1. The summed E-state index contributed by atoms with van der Waals surface area (Å²) in [5.41, 5.74) is 0.111. The van der Waals surface area contributed by atoms with Crippen LogP contribution in [-0.2, 0) is 4.43 Å². The summed E-state index contributed by atoms with van der Waals surface area (Å²) in [5, 5.41) is 19.6. The number of aromatic nitrogens is 2. The van der Waals surface area contributed by atoms with Crippen LogP contribution < -0.4 is 10.3 Å². The van der Waals surface area contributed by atoms with E-state index >= 15 is 0 Å². The second-order valence-corrected chi connectivity index (χ2v) is 16.7. The highest BCUT2D eigenvalue weighted by Crippen LogP contribution is 2.41. The minimum absolute atomic E-state index is 0.00697. The van der Waals surface area contributed by atoms with Crippen LogP contribution in [0.3, 0.4) is 0 Å². The van der Waals surface area contributed by atoms with Crippen molar-refractivity contribution in [2.75, 3.05) is 13.7 Å². The van der Waals surface area contributed by atoms with Crippen LogP contribution in [0.2, 0.25) is 18.1 Å². The maximum Gasteiger partial charge on any atom is 0.408 e. The number of methoxy groups -OCH3 is 1. The van der Waals surface area contributed by atoms with E-state index in [0.717, 1.165) is 6.07 Å². The zero-order chi connectivity index (χ0) is 28.9. The van der Waals surface area contributed by atoms with E-state index in [1.165, 1.54) is 34.8 Å². The number of carboxylic acid groups (broad SMARTS) is 1. The molecule has 1 aliphatic rings. The van der Waals surface area contributed by atoms with Crippen LogP contribution in [0.25, 0.3) is 16.6 Å².